The van der Waals surface area contributed by atoms with Gasteiger partial charge < -0.3 is 9.47 Å². The molecule has 143 heavy (non-hydrogen) atoms. The summed E-state index contributed by atoms with van der Waals surface area (Å²) in [6.45, 7) is 80.1. The van der Waals surface area contributed by atoms with Crippen LogP contribution < -0.4 is 9.47 Å². The molecule has 0 saturated heterocycles. The fourth-order valence-corrected chi connectivity index (χ4v) is 19.2. The van der Waals surface area contributed by atoms with Crippen LogP contribution in [0.5, 0.6) is 23.0 Å². The Balaban J connectivity index is 0.000000182. The summed E-state index contributed by atoms with van der Waals surface area (Å²) in [6.07, 6.45) is 2.07. The Hall–Kier alpha value is -12.9. The fraction of sp³-hybridized carbons (Fsp3) is 0.304. The first-order chi connectivity index (χ1) is 67.3. The summed E-state index contributed by atoms with van der Waals surface area (Å²) in [5, 5.41) is 0. The molecule has 0 radical (unpaired) electrons. The van der Waals surface area contributed by atoms with Gasteiger partial charge in [-0.15, -0.1) is 0 Å². The first kappa shape index (κ1) is 114. The van der Waals surface area contributed by atoms with E-state index in [2.05, 4.69) is 447 Å². The summed E-state index contributed by atoms with van der Waals surface area (Å²) in [6, 6.07) is 102. The number of hydrogen-bond acceptors (Lipinski definition) is 4. The maximum atomic E-state index is 12.6. The molecule has 0 amide bonds. The van der Waals surface area contributed by atoms with Gasteiger partial charge in [0, 0.05) is 16.7 Å². The first-order valence-electron chi connectivity index (χ1n) is 51.0. The molecule has 0 aliphatic heterocycles. The largest absolute Gasteiger partial charge is 0.457 e. The number of ether oxygens (including phenoxy) is 2. The highest BCUT2D eigenvalue weighted by Crippen LogP contribution is 2.40. The molecule has 0 fully saturated rings. The van der Waals surface area contributed by atoms with E-state index in [0.29, 0.717) is 15.7 Å². The van der Waals surface area contributed by atoms with Gasteiger partial charge in [-0.1, -0.05) is 265 Å². The van der Waals surface area contributed by atoms with E-state index in [-0.39, 0.29) is 10.8 Å². The number of aryl methyl sites for hydroxylation is 24. The van der Waals surface area contributed by atoms with Gasteiger partial charge in [-0.05, 0) is 529 Å². The molecule has 0 spiro atoms. The van der Waals surface area contributed by atoms with Gasteiger partial charge in [0.2, 0.25) is 9.84 Å². The zero-order valence-corrected chi connectivity index (χ0v) is 94.6. The molecule has 16 aromatic rings. The zero-order valence-electron chi connectivity index (χ0n) is 93.7. The number of hydrogen-bond donors (Lipinski definition) is 0. The summed E-state index contributed by atoms with van der Waals surface area (Å²) in [4.78, 5) is 0.720. The second kappa shape index (κ2) is 50.8. The SMILES string of the molecule is Cc1ccc(C(C)(C)c2ccc(C)c(C)c2)cc1C.Cc1ccc(Cc2ccc(C)c(C)c2)cc1C.Cc1ccc(Oc2ccc(C)c(C)c2)cc1C.Cc1ccc(S(=O)(=O)c2ccc(C)c(C)c2)cc1C.Cc1cccc(C(C)(C)c2cccc(C)c2C)c1C.Cc1cccc(C(C)c2cccc(C)c2C)c1C.Cc1cccc(Cc2cccc(C)c2C)c1C.Cc1cccc(Oc2cccc(C)c2C)c1C. The van der Waals surface area contributed by atoms with E-state index in [4.69, 9.17) is 9.47 Å². The van der Waals surface area contributed by atoms with Crippen LogP contribution in [-0.2, 0) is 33.5 Å². The molecule has 4 nitrogen and oxygen atoms in total. The van der Waals surface area contributed by atoms with Crippen LogP contribution in [0.25, 0.3) is 0 Å². The molecule has 16 rings (SSSR count). The maximum absolute atomic E-state index is 12.6. The average Bonchev–Trinajstić information content (AvgIpc) is 0.778. The molecule has 0 heterocycles. The Bertz CT molecular complexity index is 6620. The van der Waals surface area contributed by atoms with E-state index in [1.807, 2.05) is 76.2 Å². The average molecular weight is 1920 g/mol. The molecule has 0 saturated carbocycles. The van der Waals surface area contributed by atoms with Gasteiger partial charge in [-0.3, -0.25) is 0 Å². The second-order valence-corrected chi connectivity index (χ2v) is 43.6. The van der Waals surface area contributed by atoms with Crippen LogP contribution in [0.1, 0.15) is 274 Å². The fourth-order valence-electron chi connectivity index (χ4n) is 17.7. The maximum Gasteiger partial charge on any atom is 0.206 e. The smallest absolute Gasteiger partial charge is 0.206 e. The van der Waals surface area contributed by atoms with Crippen LogP contribution >= 0.6 is 0 Å². The van der Waals surface area contributed by atoms with Gasteiger partial charge in [0.15, 0.2) is 0 Å². The van der Waals surface area contributed by atoms with Crippen molar-refractivity contribution in [2.24, 2.45) is 0 Å². The van der Waals surface area contributed by atoms with Crippen LogP contribution in [0.3, 0.4) is 0 Å². The third-order valence-corrected chi connectivity index (χ3v) is 32.5. The highest BCUT2D eigenvalue weighted by atomic mass is 32.2. The van der Waals surface area contributed by atoms with Crippen molar-refractivity contribution in [1.82, 2.24) is 0 Å². The van der Waals surface area contributed by atoms with Crippen LogP contribution in [0, 0.1) is 222 Å². The number of benzene rings is 16. The van der Waals surface area contributed by atoms with Crippen molar-refractivity contribution in [1.29, 1.82) is 0 Å². The topological polar surface area (TPSA) is 52.6 Å². The molecule has 0 N–H and O–H groups in total. The molecule has 0 bridgehead atoms. The highest BCUT2D eigenvalue weighted by Gasteiger charge is 2.29. The van der Waals surface area contributed by atoms with Crippen molar-refractivity contribution < 1.29 is 17.9 Å². The van der Waals surface area contributed by atoms with Crippen LogP contribution in [0.2, 0.25) is 0 Å². The van der Waals surface area contributed by atoms with Gasteiger partial charge in [0.25, 0.3) is 0 Å². The molecule has 0 unspecified atom stereocenters. The minimum absolute atomic E-state index is 0.0478. The molecule has 0 aliphatic rings. The summed E-state index contributed by atoms with van der Waals surface area (Å²) in [5.74, 6) is 4.15. The second-order valence-electron chi connectivity index (χ2n) is 41.6. The molecule has 5 heteroatoms. The lowest BCUT2D eigenvalue weighted by atomic mass is 9.73. The molecule has 0 aliphatic carbocycles. The summed E-state index contributed by atoms with van der Waals surface area (Å²) in [5.41, 5.74) is 56.2. The lowest BCUT2D eigenvalue weighted by Crippen LogP contribution is -2.22. The molecule has 16 aromatic carbocycles. The van der Waals surface area contributed by atoms with Crippen molar-refractivity contribution in [3.63, 3.8) is 0 Å². The van der Waals surface area contributed by atoms with Crippen molar-refractivity contribution in [3.8, 4) is 23.0 Å². The van der Waals surface area contributed by atoms with E-state index in [1.54, 1.807) is 24.3 Å². The van der Waals surface area contributed by atoms with Crippen LogP contribution in [-0.4, -0.2) is 8.42 Å². The van der Waals surface area contributed by atoms with Gasteiger partial charge in [-0.25, -0.2) is 8.42 Å². The first-order valence-corrected chi connectivity index (χ1v) is 52.5. The number of sulfone groups is 1. The highest BCUT2D eigenvalue weighted by molar-refractivity contribution is 7.91. The number of rotatable bonds is 16. The van der Waals surface area contributed by atoms with E-state index in [1.165, 1.54) is 211 Å². The summed E-state index contributed by atoms with van der Waals surface area (Å²) < 4.78 is 37.0. The lowest BCUT2D eigenvalue weighted by Gasteiger charge is -2.30. The van der Waals surface area contributed by atoms with Crippen molar-refractivity contribution >= 4 is 9.84 Å². The van der Waals surface area contributed by atoms with Crippen molar-refractivity contribution in [3.05, 3.63) is 525 Å². The summed E-state index contributed by atoms with van der Waals surface area (Å²) in [7, 11) is -3.42. The summed E-state index contributed by atoms with van der Waals surface area (Å²) >= 11 is 0. The Kier molecular flexibility index (Phi) is 40.4. The van der Waals surface area contributed by atoms with Crippen LogP contribution in [0.15, 0.2) is 301 Å². The molecule has 746 valence electrons. The Morgan fingerprint density at radius 2 is 0.483 bits per heavy atom. The van der Waals surface area contributed by atoms with E-state index in [9.17, 15) is 8.42 Å². The van der Waals surface area contributed by atoms with E-state index < -0.39 is 9.84 Å². The van der Waals surface area contributed by atoms with Gasteiger partial charge in [0.05, 0.1) is 9.79 Å². The van der Waals surface area contributed by atoms with Crippen molar-refractivity contribution in [2.45, 2.75) is 296 Å². The predicted octanol–water partition coefficient (Wildman–Crippen LogP) is 37.8. The van der Waals surface area contributed by atoms with Gasteiger partial charge >= 0.3 is 0 Å². The third kappa shape index (κ3) is 30.1. The molecular formula is C138H164O4S. The standard InChI is InChI=1S/2C19H24.C18H22.2C17H20.C16H18O2S.2C16H18O/c1-13-7-9-17(11-15(13)3)19(5,6)18-10-8-14(2)16(4)12-18;1-13-9-7-11-17(15(13)3)19(5,6)18-12-8-10-14(2)16(18)4;1-12-8-6-10-17(14(12)3)16(5)18-11-7-9-13(2)15(18)4;1-12-5-7-16(9-14(12)3)11-17-8-6-13(2)15(4)10-17;1-12-7-5-9-16(14(12)3)11-17-10-6-8-13(2)15(17)4;1-11-5-7-15(9-13(11)3)19(17,18)16-8-6-12(2)14(4)10-16;1-11-5-7-15(9-13(11)3)17-16-8-6-12(2)14(4)10-16;1-11-7-5-9-15(13(11)3)17-16-10-6-8-12(2)14(16)4/h2*7-12H,1-6H3;6-11,16H,1-5H3;2*5-10H,11H2,1-4H3;5-10H,1-4H3;2*5-10H,1-4H3. The van der Waals surface area contributed by atoms with E-state index in [0.717, 1.165) is 58.1 Å². The normalized spacial score (nSPS) is 11.0. The zero-order chi connectivity index (χ0) is 106. The van der Waals surface area contributed by atoms with Gasteiger partial charge in [0.1, 0.15) is 23.0 Å². The molecular weight excluding hydrogens is 1750 g/mol. The third-order valence-electron chi connectivity index (χ3n) is 30.7. The molecule has 0 atom stereocenters. The monoisotopic (exact) mass is 1920 g/mol. The lowest BCUT2D eigenvalue weighted by molar-refractivity contribution is 0.474. The predicted molar refractivity (Wildman–Crippen MR) is 618 cm³/mol. The minimum Gasteiger partial charge on any atom is -0.457 e. The minimum atomic E-state index is -3.42. The van der Waals surface area contributed by atoms with Crippen LogP contribution in [0.4, 0.5) is 0 Å². The Morgan fingerprint density at radius 3 is 0.804 bits per heavy atom. The van der Waals surface area contributed by atoms with E-state index >= 15 is 0 Å². The van der Waals surface area contributed by atoms with Gasteiger partial charge in [-0.2, -0.15) is 0 Å². The Labute approximate surface area is 865 Å². The Morgan fingerprint density at radius 1 is 0.217 bits per heavy atom. The molecule has 0 aromatic heterocycles. The quantitative estimate of drug-likeness (QED) is 0.0967. The van der Waals surface area contributed by atoms with Crippen molar-refractivity contribution in [2.75, 3.05) is 0 Å².